The molecule has 3 heterocycles. The van der Waals surface area contributed by atoms with Crippen molar-refractivity contribution in [3.05, 3.63) is 65.9 Å². The quantitative estimate of drug-likeness (QED) is 0.656. The minimum Gasteiger partial charge on any atom is -0.393 e. The second-order valence-electron chi connectivity index (χ2n) is 8.02. The second kappa shape index (κ2) is 7.97. The van der Waals surface area contributed by atoms with Gasteiger partial charge in [0.2, 0.25) is 5.91 Å². The van der Waals surface area contributed by atoms with Crippen LogP contribution in [0, 0.1) is 0 Å². The molecule has 0 bridgehead atoms. The largest absolute Gasteiger partial charge is 0.393 e. The number of carbonyl (C=O) groups excluding carboxylic acids is 1. The van der Waals surface area contributed by atoms with Crippen molar-refractivity contribution in [2.24, 2.45) is 4.99 Å². The van der Waals surface area contributed by atoms with Gasteiger partial charge in [-0.2, -0.15) is 0 Å². The molecular weight excluding hydrogens is 376 g/mol. The Morgan fingerprint density at radius 2 is 1.93 bits per heavy atom. The normalized spacial score (nSPS) is 20.0. The third-order valence-electron chi connectivity index (χ3n) is 5.95. The van der Waals surface area contributed by atoms with Gasteiger partial charge in [0.05, 0.1) is 17.3 Å². The molecule has 0 radical (unpaired) electrons. The Morgan fingerprint density at radius 1 is 1.13 bits per heavy atom. The Balaban J connectivity index is 1.33. The maximum atomic E-state index is 12.5. The van der Waals surface area contributed by atoms with E-state index in [1.807, 2.05) is 36.4 Å². The molecule has 2 N–H and O–H groups in total. The average molecular weight is 400 g/mol. The number of hydrogen-bond donors (Lipinski definition) is 2. The summed E-state index contributed by atoms with van der Waals surface area (Å²) in [5, 5.41) is 13.6. The van der Waals surface area contributed by atoms with Gasteiger partial charge < -0.3 is 10.4 Å². The van der Waals surface area contributed by atoms with Gasteiger partial charge in [-0.3, -0.25) is 19.7 Å². The first-order valence-corrected chi connectivity index (χ1v) is 10.4. The van der Waals surface area contributed by atoms with E-state index in [4.69, 9.17) is 0 Å². The molecule has 0 saturated carbocycles. The summed E-state index contributed by atoms with van der Waals surface area (Å²) in [4.78, 5) is 23.9. The van der Waals surface area contributed by atoms with E-state index in [2.05, 4.69) is 32.3 Å². The Morgan fingerprint density at radius 3 is 2.73 bits per heavy atom. The average Bonchev–Trinajstić information content (AvgIpc) is 3.10. The molecule has 1 aromatic heterocycles. The number of aromatic nitrogens is 1. The number of aliphatic hydroxyl groups is 1. The van der Waals surface area contributed by atoms with Crippen LogP contribution in [-0.2, 0) is 11.3 Å². The Hall–Kier alpha value is -3.09. The maximum absolute atomic E-state index is 12.5. The summed E-state index contributed by atoms with van der Waals surface area (Å²) < 4.78 is 0. The summed E-state index contributed by atoms with van der Waals surface area (Å²) in [6, 6.07) is 15.9. The molecule has 2 aliphatic heterocycles. The van der Waals surface area contributed by atoms with E-state index in [1.54, 1.807) is 12.4 Å². The van der Waals surface area contributed by atoms with Gasteiger partial charge in [0.15, 0.2) is 0 Å². The second-order valence-corrected chi connectivity index (χ2v) is 8.02. The number of aliphatic hydroxyl groups excluding tert-OH is 1. The molecule has 0 aliphatic carbocycles. The van der Waals surface area contributed by atoms with Crippen molar-refractivity contribution < 1.29 is 9.90 Å². The molecular formula is C24H24N4O2. The van der Waals surface area contributed by atoms with Crippen LogP contribution in [0.3, 0.4) is 0 Å². The number of carbonyl (C=O) groups is 1. The Bertz CT molecular complexity index is 1100. The van der Waals surface area contributed by atoms with Crippen LogP contribution in [0.15, 0.2) is 59.7 Å². The van der Waals surface area contributed by atoms with Crippen LogP contribution in [0.25, 0.3) is 10.9 Å². The number of pyridine rings is 1. The number of likely N-dealkylation sites (tertiary alicyclic amines) is 1. The minimum atomic E-state index is -0.424. The van der Waals surface area contributed by atoms with Gasteiger partial charge in [0, 0.05) is 48.7 Å². The molecule has 1 atom stereocenters. The minimum absolute atomic E-state index is 0.0611. The lowest BCUT2D eigenvalue weighted by Gasteiger charge is -2.29. The highest BCUT2D eigenvalue weighted by atomic mass is 16.3. The summed E-state index contributed by atoms with van der Waals surface area (Å²) in [5.74, 6) is -0.485. The van der Waals surface area contributed by atoms with Crippen LogP contribution in [0.1, 0.15) is 29.9 Å². The summed E-state index contributed by atoms with van der Waals surface area (Å²) >= 11 is 0. The fourth-order valence-electron chi connectivity index (χ4n) is 4.29. The molecule has 6 heteroatoms. The first-order valence-electron chi connectivity index (χ1n) is 10.4. The van der Waals surface area contributed by atoms with E-state index in [1.165, 1.54) is 5.56 Å². The lowest BCUT2D eigenvalue weighted by Crippen LogP contribution is -2.35. The molecule has 3 aromatic rings. The van der Waals surface area contributed by atoms with E-state index >= 15 is 0 Å². The fraction of sp³-hybridized carbons (Fsp3) is 0.292. The highest BCUT2D eigenvalue weighted by Crippen LogP contribution is 2.37. The van der Waals surface area contributed by atoms with Gasteiger partial charge in [-0.15, -0.1) is 0 Å². The Labute approximate surface area is 175 Å². The van der Waals surface area contributed by atoms with Crippen molar-refractivity contribution in [1.82, 2.24) is 9.88 Å². The summed E-state index contributed by atoms with van der Waals surface area (Å²) in [5.41, 5.74) is 4.71. The predicted octanol–water partition coefficient (Wildman–Crippen LogP) is 3.63. The highest BCUT2D eigenvalue weighted by Gasteiger charge is 2.31. The van der Waals surface area contributed by atoms with Crippen LogP contribution in [0.2, 0.25) is 0 Å². The Kier molecular flexibility index (Phi) is 5.02. The molecule has 1 unspecified atom stereocenters. The lowest BCUT2D eigenvalue weighted by molar-refractivity contribution is -0.115. The van der Waals surface area contributed by atoms with Gasteiger partial charge in [0.1, 0.15) is 5.92 Å². The van der Waals surface area contributed by atoms with Crippen molar-refractivity contribution in [3.63, 3.8) is 0 Å². The molecule has 2 aromatic carbocycles. The van der Waals surface area contributed by atoms with Crippen LogP contribution in [0.5, 0.6) is 0 Å². The number of fused-ring (bicyclic) bond motifs is 3. The zero-order valence-corrected chi connectivity index (χ0v) is 16.7. The SMILES string of the molecule is O=C1Nc2ccc3ncccc3c2C1C=Nc1ccc(CN2CCC(O)CC2)cc1. The van der Waals surface area contributed by atoms with Crippen LogP contribution in [-0.4, -0.2) is 46.3 Å². The first kappa shape index (κ1) is 18.9. The first-order chi connectivity index (χ1) is 14.7. The van der Waals surface area contributed by atoms with Crippen LogP contribution >= 0.6 is 0 Å². The van der Waals surface area contributed by atoms with Crippen molar-refractivity contribution >= 4 is 34.4 Å². The van der Waals surface area contributed by atoms with Gasteiger partial charge in [-0.25, -0.2) is 0 Å². The monoisotopic (exact) mass is 400 g/mol. The third kappa shape index (κ3) is 3.72. The van der Waals surface area contributed by atoms with Crippen molar-refractivity contribution in [1.29, 1.82) is 0 Å². The van der Waals surface area contributed by atoms with Crippen molar-refractivity contribution in [2.45, 2.75) is 31.4 Å². The predicted molar refractivity (Wildman–Crippen MR) is 118 cm³/mol. The number of benzene rings is 2. The smallest absolute Gasteiger partial charge is 0.237 e. The lowest BCUT2D eigenvalue weighted by atomic mass is 9.97. The standard InChI is InChI=1S/C24H24N4O2/c29-18-9-12-28(13-10-18)15-16-3-5-17(6-4-16)26-14-20-23-19-2-1-11-25-21(19)7-8-22(23)27-24(20)30/h1-8,11,14,18,20,29H,9-10,12-13,15H2,(H,27,30). The number of aliphatic imine (C=N–C) groups is 1. The van der Waals surface area contributed by atoms with Crippen LogP contribution < -0.4 is 5.32 Å². The van der Waals surface area contributed by atoms with Crippen LogP contribution in [0.4, 0.5) is 11.4 Å². The van der Waals surface area contributed by atoms with Gasteiger partial charge >= 0.3 is 0 Å². The highest BCUT2D eigenvalue weighted by molar-refractivity contribution is 6.16. The maximum Gasteiger partial charge on any atom is 0.237 e. The van der Waals surface area contributed by atoms with E-state index in [0.29, 0.717) is 0 Å². The number of piperidine rings is 1. The van der Waals surface area contributed by atoms with Gasteiger partial charge in [-0.05, 0) is 48.7 Å². The summed E-state index contributed by atoms with van der Waals surface area (Å²) in [6.45, 7) is 2.74. The molecule has 1 amide bonds. The topological polar surface area (TPSA) is 77.8 Å². The number of hydrogen-bond acceptors (Lipinski definition) is 5. The van der Waals surface area contributed by atoms with E-state index in [9.17, 15) is 9.90 Å². The molecule has 0 spiro atoms. The zero-order chi connectivity index (χ0) is 20.5. The fourth-order valence-corrected chi connectivity index (χ4v) is 4.29. The molecule has 6 nitrogen and oxygen atoms in total. The van der Waals surface area contributed by atoms with E-state index < -0.39 is 5.92 Å². The molecule has 30 heavy (non-hydrogen) atoms. The molecule has 152 valence electrons. The number of nitrogens with zero attached hydrogens (tertiary/aromatic N) is 3. The third-order valence-corrected chi connectivity index (χ3v) is 5.95. The number of nitrogens with one attached hydrogen (secondary N) is 1. The molecule has 1 fully saturated rings. The summed E-state index contributed by atoms with van der Waals surface area (Å²) in [7, 11) is 0. The van der Waals surface area contributed by atoms with Gasteiger partial charge in [-0.1, -0.05) is 18.2 Å². The molecule has 1 saturated heterocycles. The van der Waals surface area contributed by atoms with E-state index in [0.717, 1.165) is 60.3 Å². The molecule has 2 aliphatic rings. The van der Waals surface area contributed by atoms with Crippen molar-refractivity contribution in [3.8, 4) is 0 Å². The van der Waals surface area contributed by atoms with E-state index in [-0.39, 0.29) is 12.0 Å². The van der Waals surface area contributed by atoms with Gasteiger partial charge in [0.25, 0.3) is 0 Å². The molecule has 5 rings (SSSR count). The number of rotatable bonds is 4. The van der Waals surface area contributed by atoms with Crippen molar-refractivity contribution in [2.75, 3.05) is 18.4 Å². The number of amides is 1. The summed E-state index contributed by atoms with van der Waals surface area (Å²) in [6.07, 6.45) is 5.03. The number of anilines is 1. The zero-order valence-electron chi connectivity index (χ0n) is 16.7.